The number of nitrogens with zero attached hydrogens (tertiary/aromatic N) is 2. The van der Waals surface area contributed by atoms with Crippen LogP contribution in [0.2, 0.25) is 5.15 Å². The van der Waals surface area contributed by atoms with Crippen molar-refractivity contribution in [2.45, 2.75) is 19.4 Å². The Hall–Kier alpha value is -0.900. The van der Waals surface area contributed by atoms with Gasteiger partial charge in [0.25, 0.3) is 5.91 Å². The fourth-order valence-electron chi connectivity index (χ4n) is 2.46. The highest BCUT2D eigenvalue weighted by atomic mass is 35.5. The van der Waals surface area contributed by atoms with Crippen LogP contribution in [0, 0.1) is 6.92 Å². The number of amides is 1. The van der Waals surface area contributed by atoms with Crippen LogP contribution in [0.5, 0.6) is 0 Å². The van der Waals surface area contributed by atoms with Crippen LogP contribution in [-0.4, -0.2) is 39.9 Å². The van der Waals surface area contributed by atoms with E-state index in [1.54, 1.807) is 17.7 Å². The summed E-state index contributed by atoms with van der Waals surface area (Å²) in [5.41, 5.74) is 1.27. The molecule has 1 amide bonds. The number of rotatable bonds is 2. The fourth-order valence-corrected chi connectivity index (χ4v) is 5.54. The minimum atomic E-state index is -3.02. The molecule has 3 heterocycles. The number of sulfone groups is 1. The molecular formula is C12H12ClN3O3S3. The summed E-state index contributed by atoms with van der Waals surface area (Å²) in [4.78, 5) is 12.2. The zero-order valence-corrected chi connectivity index (χ0v) is 14.7. The maximum absolute atomic E-state index is 11.7. The average Bonchev–Trinajstić information content (AvgIpc) is 3.02. The first-order chi connectivity index (χ1) is 10.3. The molecule has 2 aliphatic heterocycles. The molecule has 0 saturated carbocycles. The maximum atomic E-state index is 11.7. The summed E-state index contributed by atoms with van der Waals surface area (Å²) in [6.45, 7) is 1.77. The predicted octanol–water partition coefficient (Wildman–Crippen LogP) is 1.69. The third-order valence-electron chi connectivity index (χ3n) is 3.54. The van der Waals surface area contributed by atoms with Gasteiger partial charge in [0.2, 0.25) is 0 Å². The number of carbonyl (C=O) groups excluding carboxylic acids is 1. The second-order valence-corrected chi connectivity index (χ2v) is 9.45. The van der Waals surface area contributed by atoms with Crippen molar-refractivity contribution in [2.75, 3.05) is 11.5 Å². The summed E-state index contributed by atoms with van der Waals surface area (Å²) in [7, 11) is -3.02. The number of aryl methyl sites for hydroxylation is 1. The quantitative estimate of drug-likeness (QED) is 0.624. The first kappa shape index (κ1) is 16.0. The SMILES string of the molecule is Cc1nn(C2CCS(=O)(=O)C2)c(Cl)c1/C=C1/SC(=S)NC1=O. The number of aromatic nitrogens is 2. The molecule has 6 nitrogen and oxygen atoms in total. The summed E-state index contributed by atoms with van der Waals surface area (Å²) in [6.07, 6.45) is 2.14. The van der Waals surface area contributed by atoms with Gasteiger partial charge in [0.1, 0.15) is 9.47 Å². The van der Waals surface area contributed by atoms with Crippen LogP contribution in [0.4, 0.5) is 0 Å². The average molecular weight is 378 g/mol. The van der Waals surface area contributed by atoms with Gasteiger partial charge >= 0.3 is 0 Å². The van der Waals surface area contributed by atoms with Gasteiger partial charge in [0.05, 0.1) is 28.1 Å². The zero-order chi connectivity index (χ0) is 16.1. The molecule has 1 unspecified atom stereocenters. The number of thioether (sulfide) groups is 1. The van der Waals surface area contributed by atoms with Crippen molar-refractivity contribution in [1.82, 2.24) is 15.1 Å². The Kier molecular flexibility index (Phi) is 4.09. The Labute approximate surface area is 142 Å². The van der Waals surface area contributed by atoms with Gasteiger partial charge in [-0.15, -0.1) is 0 Å². The Balaban J connectivity index is 1.96. The largest absolute Gasteiger partial charge is 0.307 e. The molecular weight excluding hydrogens is 366 g/mol. The van der Waals surface area contributed by atoms with Crippen LogP contribution in [0.25, 0.3) is 6.08 Å². The molecule has 118 valence electrons. The summed E-state index contributed by atoms with van der Waals surface area (Å²) in [6, 6.07) is -0.255. The lowest BCUT2D eigenvalue weighted by atomic mass is 10.2. The van der Waals surface area contributed by atoms with Gasteiger partial charge in [-0.05, 0) is 19.4 Å². The van der Waals surface area contributed by atoms with E-state index in [-0.39, 0.29) is 23.5 Å². The first-order valence-corrected chi connectivity index (χ1v) is 9.89. The lowest BCUT2D eigenvalue weighted by molar-refractivity contribution is -0.115. The van der Waals surface area contributed by atoms with E-state index in [0.29, 0.717) is 32.1 Å². The highest BCUT2D eigenvalue weighted by Crippen LogP contribution is 2.33. The monoisotopic (exact) mass is 377 g/mol. The fraction of sp³-hybridized carbons (Fsp3) is 0.417. The van der Waals surface area contributed by atoms with E-state index < -0.39 is 9.84 Å². The number of hydrogen-bond acceptors (Lipinski definition) is 6. The van der Waals surface area contributed by atoms with Crippen molar-refractivity contribution in [1.29, 1.82) is 0 Å². The van der Waals surface area contributed by atoms with E-state index in [0.717, 1.165) is 0 Å². The summed E-state index contributed by atoms with van der Waals surface area (Å²) >= 11 is 12.5. The number of thiocarbonyl (C=S) groups is 1. The van der Waals surface area contributed by atoms with Gasteiger partial charge in [0.15, 0.2) is 9.84 Å². The molecule has 2 fully saturated rings. The molecule has 1 aromatic heterocycles. The number of hydrogen-bond donors (Lipinski definition) is 1. The summed E-state index contributed by atoms with van der Waals surface area (Å²) in [5, 5.41) is 7.23. The van der Waals surface area contributed by atoms with Crippen molar-refractivity contribution in [3.63, 3.8) is 0 Å². The summed E-state index contributed by atoms with van der Waals surface area (Å²) < 4.78 is 25.2. The first-order valence-electron chi connectivity index (χ1n) is 6.47. The topological polar surface area (TPSA) is 81.1 Å². The van der Waals surface area contributed by atoms with Crippen molar-refractivity contribution in [3.05, 3.63) is 21.3 Å². The highest BCUT2D eigenvalue weighted by molar-refractivity contribution is 8.26. The van der Waals surface area contributed by atoms with Crippen molar-refractivity contribution in [3.8, 4) is 0 Å². The van der Waals surface area contributed by atoms with Crippen molar-refractivity contribution in [2.24, 2.45) is 0 Å². The molecule has 0 aromatic carbocycles. The van der Waals surface area contributed by atoms with Crippen LogP contribution in [0.1, 0.15) is 23.7 Å². The van der Waals surface area contributed by atoms with Gasteiger partial charge in [0, 0.05) is 5.56 Å². The Morgan fingerprint density at radius 3 is 2.82 bits per heavy atom. The van der Waals surface area contributed by atoms with E-state index in [1.807, 2.05) is 0 Å². The van der Waals surface area contributed by atoms with E-state index in [4.69, 9.17) is 23.8 Å². The lowest BCUT2D eigenvalue weighted by Gasteiger charge is -2.09. The number of nitrogens with one attached hydrogen (secondary N) is 1. The lowest BCUT2D eigenvalue weighted by Crippen LogP contribution is -2.17. The smallest absolute Gasteiger partial charge is 0.263 e. The number of carbonyl (C=O) groups is 1. The third kappa shape index (κ3) is 2.94. The molecule has 2 saturated heterocycles. The molecule has 3 rings (SSSR count). The van der Waals surface area contributed by atoms with Crippen LogP contribution < -0.4 is 5.32 Å². The minimum Gasteiger partial charge on any atom is -0.307 e. The molecule has 22 heavy (non-hydrogen) atoms. The van der Waals surface area contributed by atoms with E-state index in [1.165, 1.54) is 11.8 Å². The number of halogens is 1. The Bertz CT molecular complexity index is 813. The molecule has 1 N–H and O–H groups in total. The van der Waals surface area contributed by atoms with Crippen LogP contribution in [0.3, 0.4) is 0 Å². The molecule has 1 aromatic rings. The van der Waals surface area contributed by atoms with Gasteiger partial charge in [-0.2, -0.15) is 5.10 Å². The third-order valence-corrected chi connectivity index (χ3v) is 6.83. The molecule has 10 heteroatoms. The minimum absolute atomic E-state index is 0.0448. The van der Waals surface area contributed by atoms with Gasteiger partial charge in [-0.3, -0.25) is 4.79 Å². The predicted molar refractivity (Wildman–Crippen MR) is 90.6 cm³/mol. The highest BCUT2D eigenvalue weighted by Gasteiger charge is 2.32. The maximum Gasteiger partial charge on any atom is 0.263 e. The summed E-state index contributed by atoms with van der Waals surface area (Å²) in [5.74, 6) is -0.0689. The molecule has 0 spiro atoms. The van der Waals surface area contributed by atoms with Gasteiger partial charge < -0.3 is 5.32 Å². The van der Waals surface area contributed by atoms with Crippen LogP contribution in [0.15, 0.2) is 4.91 Å². The molecule has 0 bridgehead atoms. The van der Waals surface area contributed by atoms with Crippen LogP contribution >= 0.6 is 35.6 Å². The molecule has 0 radical (unpaired) electrons. The second-order valence-electron chi connectivity index (χ2n) is 5.14. The van der Waals surface area contributed by atoms with Crippen LogP contribution in [-0.2, 0) is 14.6 Å². The zero-order valence-electron chi connectivity index (χ0n) is 11.5. The molecule has 0 aliphatic carbocycles. The Morgan fingerprint density at radius 1 is 1.55 bits per heavy atom. The van der Waals surface area contributed by atoms with E-state index in [9.17, 15) is 13.2 Å². The Morgan fingerprint density at radius 2 is 2.27 bits per heavy atom. The standard InChI is InChI=1S/C12H12ClN3O3S3/c1-6-8(4-9-11(17)14-12(20)21-9)10(13)16(15-6)7-2-3-22(18,19)5-7/h4,7H,2-3,5H2,1H3,(H,14,17,20)/b9-4+. The van der Waals surface area contributed by atoms with Gasteiger partial charge in [-0.25, -0.2) is 13.1 Å². The second kappa shape index (κ2) is 5.63. The van der Waals surface area contributed by atoms with E-state index >= 15 is 0 Å². The van der Waals surface area contributed by atoms with Gasteiger partial charge in [-0.1, -0.05) is 35.6 Å². The van der Waals surface area contributed by atoms with E-state index in [2.05, 4.69) is 10.4 Å². The van der Waals surface area contributed by atoms with Crippen molar-refractivity contribution < 1.29 is 13.2 Å². The molecule has 1 atom stereocenters. The molecule has 2 aliphatic rings. The normalized spacial score (nSPS) is 25.9. The van der Waals surface area contributed by atoms with Crippen molar-refractivity contribution >= 4 is 61.7 Å².